The molecule has 0 radical (unpaired) electrons. The summed E-state index contributed by atoms with van der Waals surface area (Å²) in [6.45, 7) is 5.20. The Labute approximate surface area is 214 Å². The Balaban J connectivity index is 1.23. The first-order valence-electron chi connectivity index (χ1n) is 12.6. The van der Waals surface area contributed by atoms with Gasteiger partial charge in [0.1, 0.15) is 5.69 Å². The summed E-state index contributed by atoms with van der Waals surface area (Å²) in [5, 5.41) is 8.41. The van der Waals surface area contributed by atoms with Gasteiger partial charge in [0.25, 0.3) is 11.8 Å². The number of rotatable bonds is 7. The average molecular weight is 514 g/mol. The lowest BCUT2D eigenvalue weighted by Crippen LogP contribution is -2.53. The molecule has 0 unspecified atom stereocenters. The lowest BCUT2D eigenvalue weighted by molar-refractivity contribution is 0.0860. The first-order valence-corrected chi connectivity index (χ1v) is 13.8. The fourth-order valence-electron chi connectivity index (χ4n) is 5.10. The van der Waals surface area contributed by atoms with Crippen molar-refractivity contribution in [3.05, 3.63) is 50.6 Å². The number of benzene rings is 1. The van der Waals surface area contributed by atoms with E-state index in [9.17, 15) is 9.59 Å². The van der Waals surface area contributed by atoms with Crippen molar-refractivity contribution in [1.29, 1.82) is 0 Å². The second-order valence-corrected chi connectivity index (χ2v) is 11.1. The monoisotopic (exact) mass is 513 g/mol. The van der Waals surface area contributed by atoms with Gasteiger partial charge in [0.15, 0.2) is 5.01 Å². The fraction of sp³-hybridized carbons (Fsp3) is 0.500. The first-order chi connectivity index (χ1) is 17.0. The van der Waals surface area contributed by atoms with Gasteiger partial charge in [-0.2, -0.15) is 0 Å². The molecule has 2 aromatic heterocycles. The highest BCUT2D eigenvalue weighted by Crippen LogP contribution is 2.27. The van der Waals surface area contributed by atoms with Crippen LogP contribution in [-0.2, 0) is 13.0 Å². The number of hydrogen-bond acceptors (Lipinski definition) is 5. The Morgan fingerprint density at radius 3 is 2.71 bits per heavy atom. The second kappa shape index (κ2) is 10.7. The van der Waals surface area contributed by atoms with E-state index < -0.39 is 0 Å². The largest absolute Gasteiger partial charge is 0.351 e. The van der Waals surface area contributed by atoms with Crippen LogP contribution in [0.5, 0.6) is 0 Å². The zero-order chi connectivity index (χ0) is 24.4. The van der Waals surface area contributed by atoms with Gasteiger partial charge in [0.05, 0.1) is 5.69 Å². The Bertz CT molecular complexity index is 1220. The molecule has 3 N–H and O–H groups in total. The van der Waals surface area contributed by atoms with Gasteiger partial charge in [-0.3, -0.25) is 14.5 Å². The van der Waals surface area contributed by atoms with Crippen LogP contribution in [0.1, 0.15) is 76.3 Å². The van der Waals surface area contributed by atoms with Crippen LogP contribution >= 0.6 is 22.9 Å². The van der Waals surface area contributed by atoms with Crippen LogP contribution in [-0.4, -0.2) is 51.9 Å². The van der Waals surface area contributed by atoms with Crippen LogP contribution in [0.15, 0.2) is 24.3 Å². The number of nitrogens with zero attached hydrogens (tertiary/aromatic N) is 2. The quantitative estimate of drug-likeness (QED) is 0.419. The highest BCUT2D eigenvalue weighted by atomic mass is 35.5. The summed E-state index contributed by atoms with van der Waals surface area (Å²) in [5.74, 6) is -0.295. The van der Waals surface area contributed by atoms with Gasteiger partial charge < -0.3 is 15.6 Å². The molecule has 9 heteroatoms. The molecule has 2 atom stereocenters. The molecule has 0 saturated heterocycles. The third kappa shape index (κ3) is 5.55. The Hall–Kier alpha value is -2.42. The maximum absolute atomic E-state index is 13.1. The van der Waals surface area contributed by atoms with Crippen LogP contribution in [0.25, 0.3) is 10.9 Å². The van der Waals surface area contributed by atoms with E-state index >= 15 is 0 Å². The van der Waals surface area contributed by atoms with E-state index in [0.717, 1.165) is 68.3 Å². The van der Waals surface area contributed by atoms with E-state index in [-0.39, 0.29) is 23.9 Å². The van der Waals surface area contributed by atoms with Gasteiger partial charge in [-0.25, -0.2) is 4.98 Å². The normalized spacial score (nSPS) is 20.5. The summed E-state index contributed by atoms with van der Waals surface area (Å²) in [7, 11) is 0. The molecule has 2 aliphatic rings. The smallest absolute Gasteiger partial charge is 0.280 e. The molecule has 186 valence electrons. The molecule has 3 aromatic rings. The molecule has 35 heavy (non-hydrogen) atoms. The van der Waals surface area contributed by atoms with Crippen molar-refractivity contribution in [2.24, 2.45) is 0 Å². The summed E-state index contributed by atoms with van der Waals surface area (Å²) in [6.07, 6.45) is 7.02. The van der Waals surface area contributed by atoms with E-state index in [0.29, 0.717) is 15.7 Å². The molecule has 3 heterocycles. The van der Waals surface area contributed by atoms with Crippen LogP contribution in [0.3, 0.4) is 0 Å². The van der Waals surface area contributed by atoms with Gasteiger partial charge in [-0.1, -0.05) is 37.8 Å². The number of amides is 2. The van der Waals surface area contributed by atoms with Crippen LogP contribution in [0.4, 0.5) is 0 Å². The number of unbranched alkanes of at least 4 members (excludes halogenated alkanes) is 1. The molecule has 1 aliphatic heterocycles. The van der Waals surface area contributed by atoms with Gasteiger partial charge >= 0.3 is 0 Å². The number of thiazole rings is 1. The van der Waals surface area contributed by atoms with Crippen LogP contribution < -0.4 is 10.6 Å². The lowest BCUT2D eigenvalue weighted by Gasteiger charge is -2.32. The van der Waals surface area contributed by atoms with Crippen LogP contribution in [0.2, 0.25) is 5.02 Å². The molecular weight excluding hydrogens is 482 g/mol. The van der Waals surface area contributed by atoms with E-state index in [1.807, 2.05) is 18.2 Å². The SMILES string of the molecule is CCCCN1CCc2nc(C(=O)N[C@H]3CCCC[C@H]3NC(=O)c3cc4cc(Cl)ccc4[nH]3)sc2C1. The summed E-state index contributed by atoms with van der Waals surface area (Å²) in [4.78, 5) is 37.6. The van der Waals surface area contributed by atoms with Crippen molar-refractivity contribution in [1.82, 2.24) is 25.5 Å². The molecule has 1 fully saturated rings. The maximum atomic E-state index is 13.1. The van der Waals surface area contributed by atoms with Crippen molar-refractivity contribution >= 4 is 45.7 Å². The summed E-state index contributed by atoms with van der Waals surface area (Å²) >= 11 is 7.60. The number of hydrogen-bond donors (Lipinski definition) is 3. The molecule has 0 spiro atoms. The van der Waals surface area contributed by atoms with E-state index in [4.69, 9.17) is 11.6 Å². The van der Waals surface area contributed by atoms with Gasteiger partial charge in [0, 0.05) is 52.4 Å². The topological polar surface area (TPSA) is 90.1 Å². The number of H-pyrrole nitrogens is 1. The predicted molar refractivity (Wildman–Crippen MR) is 140 cm³/mol. The molecule has 0 bridgehead atoms. The van der Waals surface area contributed by atoms with Gasteiger partial charge in [-0.05, 0) is 50.1 Å². The maximum Gasteiger partial charge on any atom is 0.280 e. The minimum atomic E-state index is -0.166. The predicted octanol–water partition coefficient (Wildman–Crippen LogP) is 4.91. The standard InChI is InChI=1S/C26H32ClN5O2S/c1-2-3-11-32-12-10-21-23(15-32)35-26(31-21)25(34)30-20-7-5-4-6-19(20)29-24(33)22-14-16-13-17(27)8-9-18(16)28-22/h8-9,13-14,19-20,28H,2-7,10-12,15H2,1H3,(H,29,33)(H,30,34)/t19-,20+/m1/s1. The molecule has 5 rings (SSSR count). The minimum absolute atomic E-state index is 0.110. The van der Waals surface area contributed by atoms with E-state index in [1.165, 1.54) is 29.1 Å². The molecular formula is C26H32ClN5O2S. The molecule has 1 aliphatic carbocycles. The van der Waals surface area contributed by atoms with Crippen LogP contribution in [0, 0.1) is 0 Å². The number of halogens is 1. The molecule has 1 aromatic carbocycles. The number of fused-ring (bicyclic) bond motifs is 2. The van der Waals surface area contributed by atoms with Crippen molar-refractivity contribution in [3.63, 3.8) is 0 Å². The second-order valence-electron chi connectivity index (χ2n) is 9.63. The Morgan fingerprint density at radius 2 is 1.94 bits per heavy atom. The molecule has 1 saturated carbocycles. The fourth-order valence-corrected chi connectivity index (χ4v) is 6.33. The molecule has 7 nitrogen and oxygen atoms in total. The average Bonchev–Trinajstić information content (AvgIpc) is 3.47. The van der Waals surface area contributed by atoms with E-state index in [1.54, 1.807) is 6.07 Å². The number of carbonyl (C=O) groups excluding carboxylic acids is 2. The minimum Gasteiger partial charge on any atom is -0.351 e. The highest BCUT2D eigenvalue weighted by Gasteiger charge is 2.30. The summed E-state index contributed by atoms with van der Waals surface area (Å²) in [6, 6.07) is 7.10. The summed E-state index contributed by atoms with van der Waals surface area (Å²) in [5.41, 5.74) is 2.44. The van der Waals surface area contributed by atoms with E-state index in [2.05, 4.69) is 32.4 Å². The van der Waals surface area contributed by atoms with Crippen molar-refractivity contribution < 1.29 is 9.59 Å². The number of aromatic nitrogens is 2. The lowest BCUT2D eigenvalue weighted by atomic mass is 9.90. The molecule has 2 amide bonds. The number of nitrogens with one attached hydrogen (secondary N) is 3. The van der Waals surface area contributed by atoms with Crippen molar-refractivity contribution in [3.8, 4) is 0 Å². The number of aromatic amines is 1. The van der Waals surface area contributed by atoms with Crippen molar-refractivity contribution in [2.75, 3.05) is 13.1 Å². The third-order valence-electron chi connectivity index (χ3n) is 7.06. The first kappa shape index (κ1) is 24.3. The Kier molecular flexibility index (Phi) is 7.41. The number of carbonyl (C=O) groups is 2. The summed E-state index contributed by atoms with van der Waals surface area (Å²) < 4.78 is 0. The van der Waals surface area contributed by atoms with Gasteiger partial charge in [-0.15, -0.1) is 11.3 Å². The zero-order valence-electron chi connectivity index (χ0n) is 20.0. The highest BCUT2D eigenvalue weighted by molar-refractivity contribution is 7.13. The van der Waals surface area contributed by atoms with Crippen molar-refractivity contribution in [2.45, 2.75) is 70.5 Å². The third-order valence-corrected chi connectivity index (χ3v) is 8.38. The zero-order valence-corrected chi connectivity index (χ0v) is 21.6. The van der Waals surface area contributed by atoms with Gasteiger partial charge in [0.2, 0.25) is 0 Å². The Morgan fingerprint density at radius 1 is 1.17 bits per heavy atom.